The summed E-state index contributed by atoms with van der Waals surface area (Å²) in [6.45, 7) is 1.96. The van der Waals surface area contributed by atoms with Crippen LogP contribution >= 0.6 is 34.0 Å². The number of nitrogens with zero attached hydrogens (tertiary/aromatic N) is 2. The van der Waals surface area contributed by atoms with Crippen LogP contribution < -0.4 is 10.6 Å². The molecule has 0 atom stereocenters. The number of benzene rings is 1. The van der Waals surface area contributed by atoms with Crippen LogP contribution in [0.3, 0.4) is 0 Å². The minimum atomic E-state index is -0.192. The van der Waals surface area contributed by atoms with E-state index in [9.17, 15) is 9.59 Å². The maximum atomic E-state index is 12.3. The number of thiophene rings is 1. The van der Waals surface area contributed by atoms with Gasteiger partial charge in [0.15, 0.2) is 5.13 Å². The van der Waals surface area contributed by atoms with E-state index in [1.165, 1.54) is 22.7 Å². The highest BCUT2D eigenvalue weighted by Crippen LogP contribution is 2.24. The smallest absolute Gasteiger partial charge is 0.267 e. The highest BCUT2D eigenvalue weighted by atomic mass is 32.1. The van der Waals surface area contributed by atoms with Gasteiger partial charge in [-0.3, -0.25) is 14.9 Å². The van der Waals surface area contributed by atoms with E-state index in [2.05, 4.69) is 20.6 Å². The SMILES string of the molecule is Cc1nc2cc(NC(=O)Cc3csc(NC(=O)c4cccs4)n3)ccc2s1. The first-order valence-corrected chi connectivity index (χ1v) is 10.6. The maximum Gasteiger partial charge on any atom is 0.267 e. The number of carbonyl (C=O) groups excluding carboxylic acids is 2. The Labute approximate surface area is 166 Å². The van der Waals surface area contributed by atoms with Gasteiger partial charge in [-0.1, -0.05) is 6.07 Å². The van der Waals surface area contributed by atoms with Gasteiger partial charge >= 0.3 is 0 Å². The number of rotatable bonds is 5. The molecule has 0 saturated heterocycles. The van der Waals surface area contributed by atoms with Crippen LogP contribution in [0.5, 0.6) is 0 Å². The van der Waals surface area contributed by atoms with E-state index in [1.54, 1.807) is 22.8 Å². The first-order valence-electron chi connectivity index (χ1n) is 8.03. The zero-order valence-electron chi connectivity index (χ0n) is 14.2. The highest BCUT2D eigenvalue weighted by Gasteiger charge is 2.12. The molecule has 4 aromatic rings. The van der Waals surface area contributed by atoms with E-state index in [4.69, 9.17) is 0 Å². The maximum absolute atomic E-state index is 12.3. The zero-order chi connectivity index (χ0) is 18.8. The van der Waals surface area contributed by atoms with Crippen molar-refractivity contribution in [2.24, 2.45) is 0 Å². The summed E-state index contributed by atoms with van der Waals surface area (Å²) in [6, 6.07) is 9.26. The number of amides is 2. The molecule has 2 N–H and O–H groups in total. The number of thiazole rings is 2. The second-order valence-electron chi connectivity index (χ2n) is 5.72. The number of nitrogens with one attached hydrogen (secondary N) is 2. The van der Waals surface area contributed by atoms with Crippen LogP contribution in [0.4, 0.5) is 10.8 Å². The van der Waals surface area contributed by atoms with E-state index in [-0.39, 0.29) is 18.2 Å². The summed E-state index contributed by atoms with van der Waals surface area (Å²) in [6.07, 6.45) is 0.138. The number of aryl methyl sites for hydroxylation is 1. The van der Waals surface area contributed by atoms with Gasteiger partial charge in [-0.25, -0.2) is 9.97 Å². The molecule has 0 aliphatic carbocycles. The molecule has 6 nitrogen and oxygen atoms in total. The largest absolute Gasteiger partial charge is 0.326 e. The minimum Gasteiger partial charge on any atom is -0.326 e. The molecule has 0 aliphatic heterocycles. The van der Waals surface area contributed by atoms with Crippen molar-refractivity contribution in [1.29, 1.82) is 0 Å². The Morgan fingerprint density at radius 3 is 2.81 bits per heavy atom. The van der Waals surface area contributed by atoms with E-state index in [0.29, 0.717) is 21.4 Å². The number of carbonyl (C=O) groups is 2. The van der Waals surface area contributed by atoms with E-state index in [1.807, 2.05) is 36.6 Å². The van der Waals surface area contributed by atoms with Crippen LogP contribution in [0, 0.1) is 6.92 Å². The van der Waals surface area contributed by atoms with Crippen LogP contribution in [-0.2, 0) is 11.2 Å². The van der Waals surface area contributed by atoms with Crippen molar-refractivity contribution < 1.29 is 9.59 Å². The van der Waals surface area contributed by atoms with Gasteiger partial charge in [0.05, 0.1) is 32.2 Å². The summed E-state index contributed by atoms with van der Waals surface area (Å²) < 4.78 is 1.09. The minimum absolute atomic E-state index is 0.138. The summed E-state index contributed by atoms with van der Waals surface area (Å²) in [5, 5.41) is 10.7. The lowest BCUT2D eigenvalue weighted by molar-refractivity contribution is -0.115. The Balaban J connectivity index is 1.37. The van der Waals surface area contributed by atoms with Crippen molar-refractivity contribution in [1.82, 2.24) is 9.97 Å². The normalized spacial score (nSPS) is 10.9. The van der Waals surface area contributed by atoms with Gasteiger partial charge in [-0.2, -0.15) is 0 Å². The third-order valence-corrected chi connectivity index (χ3v) is 6.26. The van der Waals surface area contributed by atoms with Crippen LogP contribution in [-0.4, -0.2) is 21.8 Å². The molecule has 0 fully saturated rings. The first kappa shape index (κ1) is 17.8. The molecule has 2 amide bonds. The Morgan fingerprint density at radius 2 is 2.00 bits per heavy atom. The molecular weight excluding hydrogens is 400 g/mol. The summed E-state index contributed by atoms with van der Waals surface area (Å²) in [5.41, 5.74) is 2.20. The molecule has 0 bridgehead atoms. The third-order valence-electron chi connectivity index (χ3n) is 3.64. The van der Waals surface area contributed by atoms with Gasteiger partial charge in [0, 0.05) is 11.1 Å². The van der Waals surface area contributed by atoms with E-state index >= 15 is 0 Å². The van der Waals surface area contributed by atoms with Crippen molar-refractivity contribution in [3.8, 4) is 0 Å². The molecule has 9 heteroatoms. The lowest BCUT2D eigenvalue weighted by atomic mass is 10.2. The number of fused-ring (bicyclic) bond motifs is 1. The Hall–Kier alpha value is -2.62. The molecule has 4 rings (SSSR count). The summed E-state index contributed by atoms with van der Waals surface area (Å²) in [7, 11) is 0. The number of hydrogen-bond donors (Lipinski definition) is 2. The predicted octanol–water partition coefficient (Wildman–Crippen LogP) is 4.56. The lowest BCUT2D eigenvalue weighted by Gasteiger charge is -2.03. The topological polar surface area (TPSA) is 84.0 Å². The lowest BCUT2D eigenvalue weighted by Crippen LogP contribution is -2.15. The Kier molecular flexibility index (Phi) is 4.97. The Bertz CT molecular complexity index is 1120. The fourth-order valence-corrected chi connectivity index (χ4v) is 4.63. The van der Waals surface area contributed by atoms with E-state index < -0.39 is 0 Å². The van der Waals surface area contributed by atoms with Crippen LogP contribution in [0.2, 0.25) is 0 Å². The van der Waals surface area contributed by atoms with Gasteiger partial charge in [0.1, 0.15) is 0 Å². The molecule has 0 aliphatic rings. The predicted molar refractivity (Wildman–Crippen MR) is 111 cm³/mol. The molecule has 0 radical (unpaired) electrons. The molecule has 0 unspecified atom stereocenters. The fourth-order valence-electron chi connectivity index (χ4n) is 2.50. The molecule has 136 valence electrons. The average molecular weight is 415 g/mol. The molecular formula is C18H14N4O2S3. The number of anilines is 2. The van der Waals surface area contributed by atoms with Crippen molar-refractivity contribution in [3.63, 3.8) is 0 Å². The summed E-state index contributed by atoms with van der Waals surface area (Å²) in [4.78, 5) is 33.7. The molecule has 0 spiro atoms. The van der Waals surface area contributed by atoms with Crippen molar-refractivity contribution in [2.45, 2.75) is 13.3 Å². The second-order valence-corrected chi connectivity index (χ2v) is 8.76. The quantitative estimate of drug-likeness (QED) is 0.502. The monoisotopic (exact) mass is 414 g/mol. The number of hydrogen-bond acceptors (Lipinski definition) is 7. The van der Waals surface area contributed by atoms with E-state index in [0.717, 1.165) is 15.2 Å². The molecule has 3 heterocycles. The van der Waals surface area contributed by atoms with Gasteiger partial charge < -0.3 is 5.32 Å². The van der Waals surface area contributed by atoms with Crippen molar-refractivity contribution in [3.05, 3.63) is 56.7 Å². The molecule has 0 saturated carbocycles. The third kappa shape index (κ3) is 4.21. The molecule has 1 aromatic carbocycles. The van der Waals surface area contributed by atoms with Crippen LogP contribution in [0.15, 0.2) is 41.1 Å². The number of aromatic nitrogens is 2. The van der Waals surface area contributed by atoms with Gasteiger partial charge in [0.25, 0.3) is 5.91 Å². The van der Waals surface area contributed by atoms with Gasteiger partial charge in [-0.05, 0) is 36.6 Å². The standard InChI is InChI=1S/C18H14N4O2S3/c1-10-19-13-7-11(4-5-14(13)27-10)20-16(23)8-12-9-26-18(21-12)22-17(24)15-3-2-6-25-15/h2-7,9H,8H2,1H3,(H,20,23)(H,21,22,24). The van der Waals surface area contributed by atoms with Crippen LogP contribution in [0.1, 0.15) is 20.4 Å². The first-order chi connectivity index (χ1) is 13.1. The molecule has 27 heavy (non-hydrogen) atoms. The zero-order valence-corrected chi connectivity index (χ0v) is 16.6. The van der Waals surface area contributed by atoms with Gasteiger partial charge in [-0.15, -0.1) is 34.0 Å². The Morgan fingerprint density at radius 1 is 1.11 bits per heavy atom. The highest BCUT2D eigenvalue weighted by molar-refractivity contribution is 7.18. The second kappa shape index (κ2) is 7.55. The summed E-state index contributed by atoms with van der Waals surface area (Å²) >= 11 is 4.29. The molecule has 3 aromatic heterocycles. The van der Waals surface area contributed by atoms with Crippen molar-refractivity contribution >= 4 is 66.9 Å². The van der Waals surface area contributed by atoms with Crippen molar-refractivity contribution in [2.75, 3.05) is 10.6 Å². The summed E-state index contributed by atoms with van der Waals surface area (Å²) in [5.74, 6) is -0.357. The van der Waals surface area contributed by atoms with Crippen LogP contribution in [0.25, 0.3) is 10.2 Å². The average Bonchev–Trinajstić information content (AvgIpc) is 3.34. The fraction of sp³-hybridized carbons (Fsp3) is 0.111. The van der Waals surface area contributed by atoms with Gasteiger partial charge in [0.2, 0.25) is 5.91 Å².